The van der Waals surface area contributed by atoms with E-state index in [1.807, 2.05) is 6.92 Å². The molecule has 0 aromatic rings. The molecular formula is C10H20O2Si. The fourth-order valence-electron chi connectivity index (χ4n) is 1.25. The van der Waals surface area contributed by atoms with Gasteiger partial charge >= 0.3 is 0 Å². The minimum absolute atomic E-state index is 0.140. The second-order valence-corrected chi connectivity index (χ2v) is 8.02. The summed E-state index contributed by atoms with van der Waals surface area (Å²) in [4.78, 5) is 10.9. The summed E-state index contributed by atoms with van der Waals surface area (Å²) in [5.74, 6) is 0.140. The van der Waals surface area contributed by atoms with Gasteiger partial charge in [-0.3, -0.25) is 4.79 Å². The van der Waals surface area contributed by atoms with Crippen LogP contribution in [-0.2, 0) is 9.22 Å². The number of carbonyl (C=O) groups excluding carboxylic acids is 1. The van der Waals surface area contributed by atoms with Crippen LogP contribution in [0.3, 0.4) is 0 Å². The Hall–Kier alpha value is -0.413. The standard InChI is InChI=1S/C10H20O2Si/c1-5-10(11)8-7-9-13(3,4)12-6-2/h5H,1,6-9H2,2-4H3. The van der Waals surface area contributed by atoms with Gasteiger partial charge in [-0.25, -0.2) is 0 Å². The molecule has 0 bridgehead atoms. The number of rotatable bonds is 7. The summed E-state index contributed by atoms with van der Waals surface area (Å²) in [7, 11) is -1.47. The first-order chi connectivity index (χ1) is 6.02. The highest BCUT2D eigenvalue weighted by Gasteiger charge is 2.20. The normalized spacial score (nSPS) is 11.3. The van der Waals surface area contributed by atoms with Crippen LogP contribution in [0.5, 0.6) is 0 Å². The van der Waals surface area contributed by atoms with Crippen molar-refractivity contribution in [2.24, 2.45) is 0 Å². The first kappa shape index (κ1) is 12.6. The molecule has 0 radical (unpaired) electrons. The molecule has 0 atom stereocenters. The molecule has 0 N–H and O–H groups in total. The van der Waals surface area contributed by atoms with E-state index in [1.165, 1.54) is 6.08 Å². The number of ketones is 1. The van der Waals surface area contributed by atoms with Gasteiger partial charge in [-0.15, -0.1) is 0 Å². The molecule has 0 amide bonds. The van der Waals surface area contributed by atoms with Gasteiger partial charge in [-0.05, 0) is 38.6 Å². The third-order valence-corrected chi connectivity index (χ3v) is 4.59. The molecule has 0 aromatic carbocycles. The lowest BCUT2D eigenvalue weighted by Gasteiger charge is -2.21. The van der Waals surface area contributed by atoms with Crippen LogP contribution in [0, 0.1) is 0 Å². The Balaban J connectivity index is 3.62. The summed E-state index contributed by atoms with van der Waals surface area (Å²) in [6.45, 7) is 10.6. The van der Waals surface area contributed by atoms with Crippen molar-refractivity contribution in [2.75, 3.05) is 6.61 Å². The largest absolute Gasteiger partial charge is 0.418 e. The highest BCUT2D eigenvalue weighted by molar-refractivity contribution is 6.71. The van der Waals surface area contributed by atoms with Crippen molar-refractivity contribution >= 4 is 14.1 Å². The lowest BCUT2D eigenvalue weighted by molar-refractivity contribution is -0.114. The zero-order chi connectivity index (χ0) is 10.3. The average molecular weight is 200 g/mol. The third kappa shape index (κ3) is 6.72. The van der Waals surface area contributed by atoms with Gasteiger partial charge in [0, 0.05) is 13.0 Å². The molecule has 0 unspecified atom stereocenters. The summed E-state index contributed by atoms with van der Waals surface area (Å²) in [6.07, 6.45) is 2.95. The molecule has 0 saturated heterocycles. The van der Waals surface area contributed by atoms with Crippen molar-refractivity contribution in [2.45, 2.75) is 38.9 Å². The summed E-state index contributed by atoms with van der Waals surface area (Å²) in [5.41, 5.74) is 0. The summed E-state index contributed by atoms with van der Waals surface area (Å²) in [6, 6.07) is 1.06. The molecule has 13 heavy (non-hydrogen) atoms. The molecule has 0 heterocycles. The van der Waals surface area contributed by atoms with Crippen molar-refractivity contribution in [3.8, 4) is 0 Å². The maximum absolute atomic E-state index is 10.9. The van der Waals surface area contributed by atoms with E-state index < -0.39 is 8.32 Å². The smallest absolute Gasteiger partial charge is 0.186 e. The highest BCUT2D eigenvalue weighted by atomic mass is 28.4. The topological polar surface area (TPSA) is 26.3 Å². The van der Waals surface area contributed by atoms with Crippen LogP contribution in [-0.4, -0.2) is 20.7 Å². The van der Waals surface area contributed by atoms with E-state index in [9.17, 15) is 4.79 Å². The molecular weight excluding hydrogens is 180 g/mol. The Morgan fingerprint density at radius 3 is 2.62 bits per heavy atom. The lowest BCUT2D eigenvalue weighted by Crippen LogP contribution is -2.30. The van der Waals surface area contributed by atoms with Gasteiger partial charge in [-0.1, -0.05) is 6.58 Å². The van der Waals surface area contributed by atoms with Crippen molar-refractivity contribution in [3.63, 3.8) is 0 Å². The first-order valence-electron chi connectivity index (χ1n) is 4.81. The second kappa shape index (κ2) is 6.10. The Kier molecular flexibility index (Phi) is 5.91. The van der Waals surface area contributed by atoms with Crippen LogP contribution in [0.1, 0.15) is 19.8 Å². The summed E-state index contributed by atoms with van der Waals surface area (Å²) < 4.78 is 5.65. The summed E-state index contributed by atoms with van der Waals surface area (Å²) >= 11 is 0. The Morgan fingerprint density at radius 2 is 2.15 bits per heavy atom. The molecule has 0 aromatic heterocycles. The quantitative estimate of drug-likeness (QED) is 0.466. The van der Waals surface area contributed by atoms with Crippen molar-refractivity contribution in [1.82, 2.24) is 0 Å². The van der Waals surface area contributed by atoms with E-state index in [0.29, 0.717) is 6.42 Å². The van der Waals surface area contributed by atoms with Crippen LogP contribution in [0.25, 0.3) is 0 Å². The predicted molar refractivity (Wildman–Crippen MR) is 58.4 cm³/mol. The number of hydrogen-bond acceptors (Lipinski definition) is 2. The van der Waals surface area contributed by atoms with Gasteiger partial charge in [0.15, 0.2) is 14.1 Å². The SMILES string of the molecule is C=CC(=O)CCC[Si](C)(C)OCC. The monoisotopic (exact) mass is 200 g/mol. The number of carbonyl (C=O) groups is 1. The van der Waals surface area contributed by atoms with Crippen LogP contribution >= 0.6 is 0 Å². The fourth-order valence-corrected chi connectivity index (χ4v) is 3.21. The van der Waals surface area contributed by atoms with Gasteiger partial charge in [0.05, 0.1) is 0 Å². The Labute approximate surface area is 82.1 Å². The molecule has 2 nitrogen and oxygen atoms in total. The van der Waals surface area contributed by atoms with E-state index in [4.69, 9.17) is 4.43 Å². The predicted octanol–water partition coefficient (Wildman–Crippen LogP) is 2.76. The molecule has 76 valence electrons. The third-order valence-electron chi connectivity index (χ3n) is 1.96. The number of allylic oxidation sites excluding steroid dienone is 1. The van der Waals surface area contributed by atoms with Crippen LogP contribution in [0.4, 0.5) is 0 Å². The van der Waals surface area contributed by atoms with E-state index >= 15 is 0 Å². The average Bonchev–Trinajstić information content (AvgIpc) is 2.03. The second-order valence-electron chi connectivity index (χ2n) is 3.72. The molecule has 0 fully saturated rings. The maximum Gasteiger partial charge on any atom is 0.186 e. The molecule has 0 aliphatic rings. The molecule has 0 aliphatic carbocycles. The van der Waals surface area contributed by atoms with E-state index in [-0.39, 0.29) is 5.78 Å². The van der Waals surface area contributed by atoms with E-state index in [0.717, 1.165) is 19.1 Å². The zero-order valence-electron chi connectivity index (χ0n) is 8.93. The van der Waals surface area contributed by atoms with Gasteiger partial charge in [0.1, 0.15) is 0 Å². The van der Waals surface area contributed by atoms with Crippen molar-refractivity contribution < 1.29 is 9.22 Å². The first-order valence-corrected chi connectivity index (χ1v) is 7.92. The minimum atomic E-state index is -1.47. The molecule has 0 rings (SSSR count). The van der Waals surface area contributed by atoms with Gasteiger partial charge in [0.25, 0.3) is 0 Å². The summed E-state index contributed by atoms with van der Waals surface area (Å²) in [5, 5.41) is 0. The van der Waals surface area contributed by atoms with Gasteiger partial charge in [0.2, 0.25) is 0 Å². The van der Waals surface area contributed by atoms with Crippen molar-refractivity contribution in [1.29, 1.82) is 0 Å². The Bertz CT molecular complexity index is 176. The lowest BCUT2D eigenvalue weighted by atomic mass is 10.2. The maximum atomic E-state index is 10.9. The van der Waals surface area contributed by atoms with Crippen LogP contribution in [0.15, 0.2) is 12.7 Å². The molecule has 3 heteroatoms. The van der Waals surface area contributed by atoms with Crippen LogP contribution < -0.4 is 0 Å². The minimum Gasteiger partial charge on any atom is -0.418 e. The van der Waals surface area contributed by atoms with Gasteiger partial charge < -0.3 is 4.43 Å². The van der Waals surface area contributed by atoms with Crippen molar-refractivity contribution in [3.05, 3.63) is 12.7 Å². The fraction of sp³-hybridized carbons (Fsp3) is 0.700. The molecule has 0 saturated carbocycles. The zero-order valence-corrected chi connectivity index (χ0v) is 9.93. The molecule has 0 spiro atoms. The highest BCUT2D eigenvalue weighted by Crippen LogP contribution is 2.15. The number of hydrogen-bond donors (Lipinski definition) is 0. The van der Waals surface area contributed by atoms with E-state index in [2.05, 4.69) is 19.7 Å². The van der Waals surface area contributed by atoms with E-state index in [1.54, 1.807) is 0 Å². The van der Waals surface area contributed by atoms with Gasteiger partial charge in [-0.2, -0.15) is 0 Å². The molecule has 0 aliphatic heterocycles. The van der Waals surface area contributed by atoms with Crippen LogP contribution in [0.2, 0.25) is 19.1 Å². The Morgan fingerprint density at radius 1 is 1.54 bits per heavy atom.